The van der Waals surface area contributed by atoms with Gasteiger partial charge in [-0.1, -0.05) is 17.7 Å². The van der Waals surface area contributed by atoms with E-state index in [9.17, 15) is 22.8 Å². The van der Waals surface area contributed by atoms with Crippen molar-refractivity contribution in [3.8, 4) is 0 Å². The van der Waals surface area contributed by atoms with Crippen LogP contribution in [0.1, 0.15) is 15.9 Å². The van der Waals surface area contributed by atoms with Crippen LogP contribution in [0.2, 0.25) is 5.02 Å². The molecule has 3 rings (SSSR count). The fraction of sp³-hybridized carbons (Fsp3) is 0.0476. The highest BCUT2D eigenvalue weighted by Gasteiger charge is 2.33. The first-order valence-corrected chi connectivity index (χ1v) is 9.29. The molecule has 0 heterocycles. The van der Waals surface area contributed by atoms with Crippen LogP contribution >= 0.6 is 11.6 Å². The van der Waals surface area contributed by atoms with Crippen molar-refractivity contribution < 1.29 is 27.9 Å². The Kier molecular flexibility index (Phi) is 6.74. The molecule has 32 heavy (non-hydrogen) atoms. The molecule has 0 aliphatic rings. The summed E-state index contributed by atoms with van der Waals surface area (Å²) in [5.41, 5.74) is 0.0973. The first kappa shape index (κ1) is 22.8. The van der Waals surface area contributed by atoms with Gasteiger partial charge < -0.3 is 15.7 Å². The first-order chi connectivity index (χ1) is 15.1. The van der Waals surface area contributed by atoms with E-state index in [1.54, 1.807) is 24.3 Å². The lowest BCUT2D eigenvalue weighted by Gasteiger charge is -2.12. The second kappa shape index (κ2) is 9.48. The molecule has 0 unspecified atom stereocenters. The number of nitrogens with zero attached hydrogens (tertiary/aromatic N) is 2. The molecule has 0 aliphatic carbocycles. The molecule has 11 heteroatoms. The number of aromatic carboxylic acids is 1. The number of urea groups is 1. The molecule has 3 N–H and O–H groups in total. The van der Waals surface area contributed by atoms with Crippen molar-refractivity contribution in [3.05, 3.63) is 82.9 Å². The molecule has 0 spiro atoms. The van der Waals surface area contributed by atoms with Gasteiger partial charge in [0.15, 0.2) is 0 Å². The molecule has 0 bridgehead atoms. The van der Waals surface area contributed by atoms with Crippen molar-refractivity contribution in [3.63, 3.8) is 0 Å². The highest BCUT2D eigenvalue weighted by atomic mass is 35.5. The van der Waals surface area contributed by atoms with E-state index in [0.717, 1.165) is 12.1 Å². The molecule has 2 amide bonds. The van der Waals surface area contributed by atoms with Gasteiger partial charge in [0.25, 0.3) is 0 Å². The van der Waals surface area contributed by atoms with Gasteiger partial charge in [-0.2, -0.15) is 23.4 Å². The fourth-order valence-electron chi connectivity index (χ4n) is 2.54. The number of carboxylic acid groups (broad SMARTS) is 1. The molecule has 3 aromatic carbocycles. The zero-order valence-corrected chi connectivity index (χ0v) is 16.8. The largest absolute Gasteiger partial charge is 0.478 e. The summed E-state index contributed by atoms with van der Waals surface area (Å²) in [5, 5.41) is 21.3. The Hall–Kier alpha value is -3.92. The number of hydrogen-bond donors (Lipinski definition) is 3. The summed E-state index contributed by atoms with van der Waals surface area (Å²) >= 11 is 5.56. The molecule has 0 atom stereocenters. The number of hydrogen-bond acceptors (Lipinski definition) is 4. The maximum atomic E-state index is 12.9. The second-order valence-corrected chi connectivity index (χ2v) is 6.78. The number of carbonyl (C=O) groups is 2. The molecule has 3 aromatic rings. The molecule has 0 saturated heterocycles. The van der Waals surface area contributed by atoms with Crippen molar-refractivity contribution in [2.45, 2.75) is 6.18 Å². The zero-order valence-electron chi connectivity index (χ0n) is 16.0. The van der Waals surface area contributed by atoms with Crippen molar-refractivity contribution in [1.29, 1.82) is 0 Å². The Morgan fingerprint density at radius 3 is 2.12 bits per heavy atom. The quantitative estimate of drug-likeness (QED) is 0.352. The lowest BCUT2D eigenvalue weighted by Crippen LogP contribution is -2.19. The van der Waals surface area contributed by atoms with Crippen LogP contribution in [0.15, 0.2) is 77.0 Å². The zero-order chi connectivity index (χ0) is 23.3. The molecule has 0 aliphatic heterocycles. The number of rotatable bonds is 5. The Balaban J connectivity index is 1.63. The lowest BCUT2D eigenvalue weighted by atomic mass is 10.2. The topological polar surface area (TPSA) is 103 Å². The molecule has 0 saturated carbocycles. The van der Waals surface area contributed by atoms with Crippen LogP contribution in [-0.2, 0) is 6.18 Å². The van der Waals surface area contributed by atoms with Gasteiger partial charge in [0.2, 0.25) is 0 Å². The summed E-state index contributed by atoms with van der Waals surface area (Å²) in [5.74, 6) is -1.08. The Morgan fingerprint density at radius 1 is 0.844 bits per heavy atom. The number of benzene rings is 3. The number of alkyl halides is 3. The summed E-state index contributed by atoms with van der Waals surface area (Å²) in [6.07, 6.45) is -4.65. The minimum Gasteiger partial charge on any atom is -0.478 e. The number of nitrogens with one attached hydrogen (secondary N) is 2. The molecular weight excluding hydrogens is 449 g/mol. The third kappa shape index (κ3) is 6.05. The minimum atomic E-state index is -4.65. The minimum absolute atomic E-state index is 0.0757. The number of halogens is 4. The summed E-state index contributed by atoms with van der Waals surface area (Å²) in [4.78, 5) is 23.1. The van der Waals surface area contributed by atoms with Crippen LogP contribution in [0.5, 0.6) is 0 Å². The summed E-state index contributed by atoms with van der Waals surface area (Å²) in [6, 6.07) is 14.4. The van der Waals surface area contributed by atoms with Crippen LogP contribution in [0.3, 0.4) is 0 Å². The SMILES string of the molecule is O=C(Nc1ccc(/N=N/c2cccc(C(=O)O)c2)cc1)Nc1ccc(Cl)c(C(F)(F)F)c1. The van der Waals surface area contributed by atoms with Gasteiger partial charge in [0.1, 0.15) is 0 Å². The number of carbonyl (C=O) groups excluding carboxylic acids is 1. The smallest absolute Gasteiger partial charge is 0.417 e. The molecule has 164 valence electrons. The highest BCUT2D eigenvalue weighted by molar-refractivity contribution is 6.31. The van der Waals surface area contributed by atoms with Gasteiger partial charge in [-0.05, 0) is 60.7 Å². The van der Waals surface area contributed by atoms with Crippen molar-refractivity contribution in [2.24, 2.45) is 10.2 Å². The predicted molar refractivity (Wildman–Crippen MR) is 113 cm³/mol. The van der Waals surface area contributed by atoms with E-state index >= 15 is 0 Å². The number of carboxylic acids is 1. The van der Waals surface area contributed by atoms with Crippen LogP contribution in [0.25, 0.3) is 0 Å². The number of anilines is 2. The Morgan fingerprint density at radius 2 is 1.47 bits per heavy atom. The van der Waals surface area contributed by atoms with Gasteiger partial charge >= 0.3 is 18.2 Å². The average molecular weight is 463 g/mol. The van der Waals surface area contributed by atoms with Crippen molar-refractivity contribution >= 4 is 46.4 Å². The van der Waals surface area contributed by atoms with Gasteiger partial charge in [-0.25, -0.2) is 9.59 Å². The van der Waals surface area contributed by atoms with Gasteiger partial charge in [-0.15, -0.1) is 0 Å². The van der Waals surface area contributed by atoms with Gasteiger partial charge in [0, 0.05) is 11.4 Å². The van der Waals surface area contributed by atoms with Gasteiger partial charge in [0.05, 0.1) is 27.5 Å². The summed E-state index contributed by atoms with van der Waals surface area (Å²) < 4.78 is 38.8. The maximum Gasteiger partial charge on any atom is 0.417 e. The Labute approximate surface area is 184 Å². The van der Waals surface area contributed by atoms with Crippen LogP contribution in [0, 0.1) is 0 Å². The van der Waals surface area contributed by atoms with E-state index in [1.807, 2.05) is 0 Å². The Bertz CT molecular complexity index is 1180. The third-order valence-electron chi connectivity index (χ3n) is 4.03. The van der Waals surface area contributed by atoms with E-state index in [2.05, 4.69) is 20.9 Å². The number of amides is 2. The molecule has 0 radical (unpaired) electrons. The highest BCUT2D eigenvalue weighted by Crippen LogP contribution is 2.36. The van der Waals surface area contributed by atoms with E-state index < -0.39 is 28.8 Å². The first-order valence-electron chi connectivity index (χ1n) is 8.92. The number of azo groups is 1. The van der Waals surface area contributed by atoms with Crippen LogP contribution in [0.4, 0.5) is 40.7 Å². The lowest BCUT2D eigenvalue weighted by molar-refractivity contribution is -0.137. The summed E-state index contributed by atoms with van der Waals surface area (Å²) in [6.45, 7) is 0. The monoisotopic (exact) mass is 462 g/mol. The second-order valence-electron chi connectivity index (χ2n) is 6.37. The summed E-state index contributed by atoms with van der Waals surface area (Å²) in [7, 11) is 0. The third-order valence-corrected chi connectivity index (χ3v) is 4.36. The van der Waals surface area contributed by atoms with Crippen LogP contribution in [-0.4, -0.2) is 17.1 Å². The molecule has 0 aromatic heterocycles. The maximum absolute atomic E-state index is 12.9. The van der Waals surface area contributed by atoms with E-state index in [-0.39, 0.29) is 11.3 Å². The van der Waals surface area contributed by atoms with Crippen molar-refractivity contribution in [1.82, 2.24) is 0 Å². The fourth-order valence-corrected chi connectivity index (χ4v) is 2.77. The van der Waals surface area contributed by atoms with Crippen LogP contribution < -0.4 is 10.6 Å². The van der Waals surface area contributed by atoms with Gasteiger partial charge in [-0.3, -0.25) is 0 Å². The molecular formula is C21H14ClF3N4O3. The molecule has 7 nitrogen and oxygen atoms in total. The molecule has 0 fully saturated rings. The normalized spacial score (nSPS) is 11.4. The standard InChI is InChI=1S/C21H14ClF3N4O3/c22-18-9-8-15(11-17(18)21(23,24)25)27-20(32)26-13-4-6-14(7-5-13)28-29-16-3-1-2-12(10-16)19(30)31/h1-11H,(H,30,31)(H2,26,27,32)/b29-28+. The predicted octanol–water partition coefficient (Wildman–Crippen LogP) is 7.12. The van der Waals surface area contributed by atoms with Crippen molar-refractivity contribution in [2.75, 3.05) is 10.6 Å². The van der Waals surface area contributed by atoms with E-state index in [4.69, 9.17) is 16.7 Å². The average Bonchev–Trinajstić information content (AvgIpc) is 2.74. The van der Waals surface area contributed by atoms with E-state index in [1.165, 1.54) is 30.3 Å². The van der Waals surface area contributed by atoms with E-state index in [0.29, 0.717) is 17.1 Å².